The highest BCUT2D eigenvalue weighted by atomic mass is 16.2. The highest BCUT2D eigenvalue weighted by molar-refractivity contribution is 5.99. The quantitative estimate of drug-likeness (QED) is 0.614. The van der Waals surface area contributed by atoms with Crippen LogP contribution in [0.25, 0.3) is 5.69 Å². The summed E-state index contributed by atoms with van der Waals surface area (Å²) in [7, 11) is 0. The Labute approximate surface area is 163 Å². The van der Waals surface area contributed by atoms with Crippen molar-refractivity contribution in [1.82, 2.24) is 20.1 Å². The van der Waals surface area contributed by atoms with Gasteiger partial charge < -0.3 is 16.0 Å². The van der Waals surface area contributed by atoms with E-state index in [0.29, 0.717) is 11.4 Å². The van der Waals surface area contributed by atoms with Gasteiger partial charge in [-0.25, -0.2) is 14.5 Å². The molecule has 3 N–H and O–H groups in total. The van der Waals surface area contributed by atoms with Gasteiger partial charge >= 0.3 is 6.03 Å². The van der Waals surface area contributed by atoms with Crippen molar-refractivity contribution in [2.75, 3.05) is 10.6 Å². The minimum absolute atomic E-state index is 0.0871. The summed E-state index contributed by atoms with van der Waals surface area (Å²) < 4.78 is 1.62. The molecular weight excluding hydrogens is 356 g/mol. The number of hydrogen-bond acceptors (Lipinski definition) is 4. The molecule has 3 aromatic rings. The van der Waals surface area contributed by atoms with Gasteiger partial charge in [-0.2, -0.15) is 5.10 Å². The Morgan fingerprint density at radius 1 is 0.929 bits per heavy atom. The molecule has 0 aliphatic rings. The van der Waals surface area contributed by atoms with Gasteiger partial charge in [0.15, 0.2) is 0 Å². The lowest BCUT2D eigenvalue weighted by molar-refractivity contribution is -0.118. The van der Waals surface area contributed by atoms with Crippen molar-refractivity contribution >= 4 is 23.3 Å². The first kappa shape index (κ1) is 19.1. The average molecular weight is 378 g/mol. The molecule has 1 heterocycles. The Morgan fingerprint density at radius 2 is 1.61 bits per heavy atom. The van der Waals surface area contributed by atoms with Crippen molar-refractivity contribution in [3.63, 3.8) is 0 Å². The number of benzene rings is 2. The molecule has 2 aromatic carbocycles. The molecule has 0 spiro atoms. The monoisotopic (exact) mass is 378 g/mol. The number of carbonyl (C=O) groups is 2. The van der Waals surface area contributed by atoms with Gasteiger partial charge in [-0.1, -0.05) is 32.0 Å². The molecule has 0 saturated heterocycles. The van der Waals surface area contributed by atoms with E-state index in [4.69, 9.17) is 0 Å². The first-order chi connectivity index (χ1) is 13.5. The molecule has 0 saturated carbocycles. The fourth-order valence-electron chi connectivity index (χ4n) is 2.62. The molecule has 144 valence electrons. The predicted octanol–water partition coefficient (Wildman–Crippen LogP) is 3.05. The van der Waals surface area contributed by atoms with Gasteiger partial charge in [-0.15, -0.1) is 0 Å². The van der Waals surface area contributed by atoms with Crippen molar-refractivity contribution in [2.24, 2.45) is 5.92 Å². The van der Waals surface area contributed by atoms with Crippen molar-refractivity contribution in [3.05, 3.63) is 67.3 Å². The molecule has 0 aliphatic carbocycles. The first-order valence-electron chi connectivity index (χ1n) is 8.91. The second kappa shape index (κ2) is 8.81. The van der Waals surface area contributed by atoms with E-state index in [2.05, 4.69) is 26.0 Å². The van der Waals surface area contributed by atoms with Gasteiger partial charge in [0, 0.05) is 11.4 Å². The third kappa shape index (κ3) is 4.94. The number of hydrogen-bond donors (Lipinski definition) is 3. The lowest BCUT2D eigenvalue weighted by Gasteiger charge is -2.22. The van der Waals surface area contributed by atoms with Crippen LogP contribution in [0.5, 0.6) is 0 Å². The molecule has 28 heavy (non-hydrogen) atoms. The maximum Gasteiger partial charge on any atom is 0.319 e. The summed E-state index contributed by atoms with van der Waals surface area (Å²) in [5.74, 6) is -0.373. The Bertz CT molecular complexity index is 908. The zero-order valence-corrected chi connectivity index (χ0v) is 15.7. The van der Waals surface area contributed by atoms with Crippen LogP contribution in [0.1, 0.15) is 13.8 Å². The van der Waals surface area contributed by atoms with E-state index in [1.807, 2.05) is 44.2 Å². The first-order valence-corrected chi connectivity index (χ1v) is 8.91. The Balaban J connectivity index is 1.62. The zero-order chi connectivity index (χ0) is 19.9. The molecule has 0 bridgehead atoms. The van der Waals surface area contributed by atoms with Gasteiger partial charge in [0.1, 0.15) is 18.7 Å². The molecule has 3 rings (SSSR count). The SMILES string of the molecule is CC(C)C(NC(=O)Nc1ccccc1)C(=O)Nc1ccc(-n2cncn2)cc1. The molecule has 1 atom stereocenters. The topological polar surface area (TPSA) is 101 Å². The van der Waals surface area contributed by atoms with Crippen LogP contribution < -0.4 is 16.0 Å². The predicted molar refractivity (Wildman–Crippen MR) is 107 cm³/mol. The number of rotatable bonds is 6. The number of aromatic nitrogens is 3. The number of nitrogens with one attached hydrogen (secondary N) is 3. The number of para-hydroxylation sites is 1. The molecule has 3 amide bonds. The maximum absolute atomic E-state index is 12.7. The van der Waals surface area contributed by atoms with Gasteiger partial charge in [-0.3, -0.25) is 4.79 Å². The van der Waals surface area contributed by atoms with E-state index in [1.165, 1.54) is 6.33 Å². The van der Waals surface area contributed by atoms with Crippen molar-refractivity contribution < 1.29 is 9.59 Å². The second-order valence-electron chi connectivity index (χ2n) is 6.56. The van der Waals surface area contributed by atoms with E-state index in [9.17, 15) is 9.59 Å². The largest absolute Gasteiger partial charge is 0.326 e. The van der Waals surface area contributed by atoms with Crippen LogP contribution in [0.3, 0.4) is 0 Å². The molecule has 8 heteroatoms. The molecular formula is C20H22N6O2. The number of nitrogens with zero attached hydrogens (tertiary/aromatic N) is 3. The van der Waals surface area contributed by atoms with Crippen LogP contribution in [-0.4, -0.2) is 32.7 Å². The van der Waals surface area contributed by atoms with Gasteiger partial charge in [0.05, 0.1) is 5.69 Å². The summed E-state index contributed by atoms with van der Waals surface area (Å²) >= 11 is 0. The number of amides is 3. The summed E-state index contributed by atoms with van der Waals surface area (Å²) in [5.41, 5.74) is 2.12. The van der Waals surface area contributed by atoms with E-state index in [1.54, 1.807) is 35.3 Å². The van der Waals surface area contributed by atoms with Gasteiger partial charge in [0.25, 0.3) is 0 Å². The minimum Gasteiger partial charge on any atom is -0.326 e. The standard InChI is InChI=1S/C20H22N6O2/c1-14(2)18(25-20(28)24-15-6-4-3-5-7-15)19(27)23-16-8-10-17(11-9-16)26-13-21-12-22-26/h3-14,18H,1-2H3,(H,23,27)(H2,24,25,28). The highest BCUT2D eigenvalue weighted by Crippen LogP contribution is 2.14. The normalized spacial score (nSPS) is 11.7. The van der Waals surface area contributed by atoms with E-state index >= 15 is 0 Å². The minimum atomic E-state index is -0.682. The number of carbonyl (C=O) groups excluding carboxylic acids is 2. The Morgan fingerprint density at radius 3 is 2.21 bits per heavy atom. The summed E-state index contributed by atoms with van der Waals surface area (Å²) in [6.07, 6.45) is 3.05. The van der Waals surface area contributed by atoms with Crippen LogP contribution >= 0.6 is 0 Å². The highest BCUT2D eigenvalue weighted by Gasteiger charge is 2.24. The smallest absolute Gasteiger partial charge is 0.319 e. The molecule has 0 radical (unpaired) electrons. The van der Waals surface area contributed by atoms with Crippen LogP contribution in [0.15, 0.2) is 67.3 Å². The van der Waals surface area contributed by atoms with E-state index < -0.39 is 12.1 Å². The average Bonchev–Trinajstić information content (AvgIpc) is 3.22. The van der Waals surface area contributed by atoms with Crippen LogP contribution in [0.4, 0.5) is 16.2 Å². The van der Waals surface area contributed by atoms with Crippen LogP contribution in [0, 0.1) is 5.92 Å². The Kier molecular flexibility index (Phi) is 6.01. The van der Waals surface area contributed by atoms with E-state index in [0.717, 1.165) is 5.69 Å². The van der Waals surface area contributed by atoms with Crippen LogP contribution in [-0.2, 0) is 4.79 Å². The zero-order valence-electron chi connectivity index (χ0n) is 15.7. The molecule has 1 unspecified atom stereocenters. The Hall–Kier alpha value is -3.68. The lowest BCUT2D eigenvalue weighted by atomic mass is 10.0. The molecule has 0 aliphatic heterocycles. The summed E-state index contributed by atoms with van der Waals surface area (Å²) in [4.78, 5) is 28.8. The van der Waals surface area contributed by atoms with E-state index in [-0.39, 0.29) is 11.8 Å². The van der Waals surface area contributed by atoms with Crippen LogP contribution in [0.2, 0.25) is 0 Å². The summed E-state index contributed by atoms with van der Waals surface area (Å²) in [6.45, 7) is 3.75. The molecule has 1 aromatic heterocycles. The van der Waals surface area contributed by atoms with Crippen molar-refractivity contribution in [1.29, 1.82) is 0 Å². The van der Waals surface area contributed by atoms with Gasteiger partial charge in [0.2, 0.25) is 5.91 Å². The third-order valence-corrected chi connectivity index (χ3v) is 4.09. The fraction of sp³-hybridized carbons (Fsp3) is 0.200. The number of urea groups is 1. The third-order valence-electron chi connectivity index (χ3n) is 4.09. The fourth-order valence-corrected chi connectivity index (χ4v) is 2.62. The summed E-state index contributed by atoms with van der Waals surface area (Å²) in [6, 6.07) is 15.2. The summed E-state index contributed by atoms with van der Waals surface area (Å²) in [5, 5.41) is 12.4. The van der Waals surface area contributed by atoms with Crippen molar-refractivity contribution in [2.45, 2.75) is 19.9 Å². The lowest BCUT2D eigenvalue weighted by Crippen LogP contribution is -2.48. The molecule has 8 nitrogen and oxygen atoms in total. The van der Waals surface area contributed by atoms with Crippen molar-refractivity contribution in [3.8, 4) is 5.69 Å². The number of anilines is 2. The second-order valence-corrected chi connectivity index (χ2v) is 6.56. The maximum atomic E-state index is 12.7. The van der Waals surface area contributed by atoms with Gasteiger partial charge in [-0.05, 0) is 42.3 Å². The molecule has 0 fully saturated rings.